The van der Waals surface area contributed by atoms with Gasteiger partial charge < -0.3 is 14.2 Å². The Morgan fingerprint density at radius 2 is 2.00 bits per heavy atom. The van der Waals surface area contributed by atoms with Crippen LogP contribution in [0.1, 0.15) is 17.9 Å². The van der Waals surface area contributed by atoms with Crippen LogP contribution < -0.4 is 14.2 Å². The summed E-state index contributed by atoms with van der Waals surface area (Å²) in [4.78, 5) is 0. The van der Waals surface area contributed by atoms with E-state index >= 15 is 0 Å². The number of hydrogen-bond acceptors (Lipinski definition) is 4. The first-order valence-corrected chi connectivity index (χ1v) is 7.32. The average Bonchev–Trinajstić information content (AvgIpc) is 3.00. The fourth-order valence-electron chi connectivity index (χ4n) is 2.31. The second-order valence-corrected chi connectivity index (χ2v) is 5.26. The predicted octanol–water partition coefficient (Wildman–Crippen LogP) is 4.14. The van der Waals surface area contributed by atoms with Gasteiger partial charge in [0, 0.05) is 17.5 Å². The molecule has 1 atom stereocenters. The zero-order valence-corrected chi connectivity index (χ0v) is 12.5. The van der Waals surface area contributed by atoms with E-state index in [1.807, 2.05) is 30.3 Å². The molecule has 0 saturated heterocycles. The third-order valence-corrected chi connectivity index (χ3v) is 3.80. The maximum atomic E-state index is 9.33. The molecule has 1 aliphatic heterocycles. The van der Waals surface area contributed by atoms with Gasteiger partial charge in [-0.1, -0.05) is 29.8 Å². The maximum absolute atomic E-state index is 9.33. The van der Waals surface area contributed by atoms with E-state index in [0.717, 1.165) is 11.3 Å². The van der Waals surface area contributed by atoms with Gasteiger partial charge in [0.05, 0.1) is 18.6 Å². The third kappa shape index (κ3) is 3.10. The first-order valence-electron chi connectivity index (χ1n) is 6.94. The summed E-state index contributed by atoms with van der Waals surface area (Å²) in [7, 11) is 0. The molecule has 0 bridgehead atoms. The Kier molecular flexibility index (Phi) is 4.36. The van der Waals surface area contributed by atoms with Crippen LogP contribution in [0.2, 0.25) is 5.02 Å². The van der Waals surface area contributed by atoms with Gasteiger partial charge in [-0.05, 0) is 23.8 Å². The number of fused-ring (bicyclic) bond motifs is 1. The summed E-state index contributed by atoms with van der Waals surface area (Å²) in [5, 5.41) is 9.94. The van der Waals surface area contributed by atoms with Crippen molar-refractivity contribution in [2.24, 2.45) is 0 Å². The number of nitriles is 1. The first-order chi connectivity index (χ1) is 10.8. The fourth-order valence-corrected chi connectivity index (χ4v) is 2.58. The van der Waals surface area contributed by atoms with Gasteiger partial charge in [-0.3, -0.25) is 0 Å². The molecule has 0 N–H and O–H groups in total. The average molecular weight is 316 g/mol. The molecule has 4 nitrogen and oxygen atoms in total. The van der Waals surface area contributed by atoms with Crippen LogP contribution in [0.15, 0.2) is 42.5 Å². The second kappa shape index (κ2) is 6.59. The molecule has 22 heavy (non-hydrogen) atoms. The van der Waals surface area contributed by atoms with Crippen molar-refractivity contribution in [1.29, 1.82) is 5.26 Å². The largest absolute Gasteiger partial charge is 0.493 e. The lowest BCUT2D eigenvalue weighted by molar-refractivity contribution is 0.173. The number of rotatable bonds is 5. The lowest BCUT2D eigenvalue weighted by Crippen LogP contribution is -2.05. The molecule has 112 valence electrons. The second-order valence-electron chi connectivity index (χ2n) is 4.86. The van der Waals surface area contributed by atoms with Crippen LogP contribution in [0.5, 0.6) is 17.2 Å². The van der Waals surface area contributed by atoms with E-state index in [9.17, 15) is 5.26 Å². The summed E-state index contributed by atoms with van der Waals surface area (Å²) in [5.74, 6) is 1.81. The summed E-state index contributed by atoms with van der Waals surface area (Å²) in [6.45, 7) is 0.658. The zero-order valence-electron chi connectivity index (χ0n) is 11.8. The molecule has 3 rings (SSSR count). The first kappa shape index (κ1) is 14.6. The summed E-state index contributed by atoms with van der Waals surface area (Å²) in [6.07, 6.45) is 0.564. The van der Waals surface area contributed by atoms with Crippen LogP contribution in [-0.2, 0) is 0 Å². The molecule has 0 saturated carbocycles. The number of benzene rings is 2. The van der Waals surface area contributed by atoms with E-state index in [4.69, 9.17) is 25.8 Å². The van der Waals surface area contributed by atoms with E-state index in [2.05, 4.69) is 6.07 Å². The van der Waals surface area contributed by atoms with E-state index in [1.165, 1.54) is 0 Å². The Morgan fingerprint density at radius 1 is 1.18 bits per heavy atom. The van der Waals surface area contributed by atoms with Crippen molar-refractivity contribution < 1.29 is 14.2 Å². The quantitative estimate of drug-likeness (QED) is 0.832. The molecule has 0 aromatic heterocycles. The van der Waals surface area contributed by atoms with E-state index < -0.39 is 0 Å². The molecule has 0 radical (unpaired) electrons. The molecule has 1 heterocycles. The molecule has 2 aromatic rings. The highest BCUT2D eigenvalue weighted by atomic mass is 35.5. The Bertz CT molecular complexity index is 711. The Hall–Kier alpha value is -2.38. The summed E-state index contributed by atoms with van der Waals surface area (Å²) in [6, 6.07) is 15.1. The van der Waals surface area contributed by atoms with Crippen molar-refractivity contribution >= 4 is 11.6 Å². The highest BCUT2D eigenvalue weighted by Gasteiger charge is 2.16. The predicted molar refractivity (Wildman–Crippen MR) is 82.5 cm³/mol. The topological polar surface area (TPSA) is 51.5 Å². The minimum Gasteiger partial charge on any atom is -0.493 e. The van der Waals surface area contributed by atoms with Crippen LogP contribution in [0.4, 0.5) is 0 Å². The number of hydrogen-bond donors (Lipinski definition) is 0. The van der Waals surface area contributed by atoms with Crippen molar-refractivity contribution in [3.05, 3.63) is 53.1 Å². The molecule has 0 fully saturated rings. The minimum absolute atomic E-state index is 0.238. The molecular weight excluding hydrogens is 302 g/mol. The standard InChI is InChI=1S/C17H14ClNO3/c18-15-4-2-1-3-14(15)12(10-19)7-8-20-13-5-6-16-17(9-13)22-11-21-16/h1-6,9,12H,7-8,11H2. The normalized spacial score (nSPS) is 13.5. The molecule has 0 aliphatic carbocycles. The van der Waals surface area contributed by atoms with Gasteiger partial charge in [-0.2, -0.15) is 5.26 Å². The molecular formula is C17H14ClNO3. The van der Waals surface area contributed by atoms with Crippen molar-refractivity contribution in [3.63, 3.8) is 0 Å². The molecule has 5 heteroatoms. The zero-order chi connectivity index (χ0) is 15.4. The Balaban J connectivity index is 1.60. The highest BCUT2D eigenvalue weighted by Crippen LogP contribution is 2.35. The number of halogens is 1. The van der Waals surface area contributed by atoms with Crippen molar-refractivity contribution in [2.75, 3.05) is 13.4 Å². The van der Waals surface area contributed by atoms with Crippen LogP contribution in [0, 0.1) is 11.3 Å². The Morgan fingerprint density at radius 3 is 2.82 bits per heavy atom. The van der Waals surface area contributed by atoms with Gasteiger partial charge in [-0.15, -0.1) is 0 Å². The van der Waals surface area contributed by atoms with Gasteiger partial charge in [0.1, 0.15) is 5.75 Å². The Labute approximate surface area is 133 Å². The van der Waals surface area contributed by atoms with Crippen LogP contribution in [0.25, 0.3) is 0 Å². The van der Waals surface area contributed by atoms with Crippen molar-refractivity contribution in [3.8, 4) is 23.3 Å². The summed E-state index contributed by atoms with van der Waals surface area (Å²) >= 11 is 6.14. The minimum atomic E-state index is -0.289. The molecule has 1 aliphatic rings. The van der Waals surface area contributed by atoms with E-state index in [0.29, 0.717) is 29.5 Å². The summed E-state index contributed by atoms with van der Waals surface area (Å²) < 4.78 is 16.2. The highest BCUT2D eigenvalue weighted by molar-refractivity contribution is 6.31. The van der Waals surface area contributed by atoms with Crippen molar-refractivity contribution in [1.82, 2.24) is 0 Å². The molecule has 1 unspecified atom stereocenters. The molecule has 2 aromatic carbocycles. The number of ether oxygens (including phenoxy) is 3. The van der Waals surface area contributed by atoms with Crippen molar-refractivity contribution in [2.45, 2.75) is 12.3 Å². The van der Waals surface area contributed by atoms with E-state index in [-0.39, 0.29) is 12.7 Å². The van der Waals surface area contributed by atoms with Gasteiger partial charge in [0.25, 0.3) is 0 Å². The van der Waals surface area contributed by atoms with Crippen LogP contribution in [0.3, 0.4) is 0 Å². The lowest BCUT2D eigenvalue weighted by atomic mass is 9.98. The smallest absolute Gasteiger partial charge is 0.231 e. The van der Waals surface area contributed by atoms with E-state index in [1.54, 1.807) is 12.1 Å². The van der Waals surface area contributed by atoms with Gasteiger partial charge in [0.2, 0.25) is 6.79 Å². The van der Waals surface area contributed by atoms with Gasteiger partial charge in [0.15, 0.2) is 11.5 Å². The SMILES string of the molecule is N#CC(CCOc1ccc2c(c1)OCO2)c1ccccc1Cl. The van der Waals surface area contributed by atoms with Gasteiger partial charge in [-0.25, -0.2) is 0 Å². The van der Waals surface area contributed by atoms with Crippen LogP contribution in [-0.4, -0.2) is 13.4 Å². The van der Waals surface area contributed by atoms with Gasteiger partial charge >= 0.3 is 0 Å². The molecule has 0 amide bonds. The lowest BCUT2D eigenvalue weighted by Gasteiger charge is -2.12. The van der Waals surface area contributed by atoms with Crippen LogP contribution >= 0.6 is 11.6 Å². The fraction of sp³-hybridized carbons (Fsp3) is 0.235. The molecule has 0 spiro atoms. The third-order valence-electron chi connectivity index (χ3n) is 3.46. The maximum Gasteiger partial charge on any atom is 0.231 e. The monoisotopic (exact) mass is 315 g/mol. The number of nitrogens with zero attached hydrogens (tertiary/aromatic N) is 1. The summed E-state index contributed by atoms with van der Waals surface area (Å²) in [5.41, 5.74) is 0.834.